The molecule has 0 bridgehead atoms. The van der Waals surface area contributed by atoms with Gasteiger partial charge in [0, 0.05) is 27.8 Å². The Morgan fingerprint density at radius 3 is 2.41 bits per heavy atom. The Morgan fingerprint density at radius 2 is 1.88 bits per heavy atom. The molecule has 0 unspecified atom stereocenters. The van der Waals surface area contributed by atoms with E-state index in [4.69, 9.17) is 11.6 Å². The van der Waals surface area contributed by atoms with Gasteiger partial charge in [-0.2, -0.15) is 0 Å². The van der Waals surface area contributed by atoms with Gasteiger partial charge < -0.3 is 5.32 Å². The summed E-state index contributed by atoms with van der Waals surface area (Å²) in [6, 6.07) is 7.91. The summed E-state index contributed by atoms with van der Waals surface area (Å²) in [6.07, 6.45) is 0. The lowest BCUT2D eigenvalue weighted by molar-refractivity contribution is 0.445. The predicted octanol–water partition coefficient (Wildman–Crippen LogP) is 4.38. The molecule has 0 aliphatic heterocycles. The van der Waals surface area contributed by atoms with Crippen molar-refractivity contribution >= 4 is 23.4 Å². The number of benzene rings is 1. The van der Waals surface area contributed by atoms with E-state index in [0.29, 0.717) is 0 Å². The van der Waals surface area contributed by atoms with Crippen LogP contribution in [-0.4, -0.2) is 17.8 Å². The van der Waals surface area contributed by atoms with Crippen LogP contribution in [0.5, 0.6) is 0 Å². The Balaban J connectivity index is 2.31. The van der Waals surface area contributed by atoms with Gasteiger partial charge in [0.15, 0.2) is 0 Å². The lowest BCUT2D eigenvalue weighted by Crippen LogP contribution is -2.37. The Morgan fingerprint density at radius 1 is 1.29 bits per heavy atom. The first kappa shape index (κ1) is 14.6. The number of halogens is 1. The molecule has 1 aromatic carbocycles. The van der Waals surface area contributed by atoms with Crippen LogP contribution in [0.4, 0.5) is 0 Å². The van der Waals surface area contributed by atoms with Crippen molar-refractivity contribution in [3.8, 4) is 0 Å². The van der Waals surface area contributed by atoms with Crippen LogP contribution in [0.25, 0.3) is 0 Å². The maximum Gasteiger partial charge on any atom is 0.0406 e. The highest BCUT2D eigenvalue weighted by Crippen LogP contribution is 2.21. The third-order valence-corrected chi connectivity index (χ3v) is 3.54. The van der Waals surface area contributed by atoms with Crippen molar-refractivity contribution in [2.75, 3.05) is 12.3 Å². The molecule has 0 spiro atoms. The van der Waals surface area contributed by atoms with Crippen molar-refractivity contribution in [2.45, 2.75) is 31.2 Å². The van der Waals surface area contributed by atoms with Crippen LogP contribution in [-0.2, 0) is 0 Å². The maximum atomic E-state index is 5.84. The molecule has 17 heavy (non-hydrogen) atoms. The van der Waals surface area contributed by atoms with Crippen LogP contribution >= 0.6 is 23.4 Å². The highest BCUT2D eigenvalue weighted by Gasteiger charge is 2.08. The van der Waals surface area contributed by atoms with E-state index in [1.54, 1.807) is 11.8 Å². The molecule has 0 fully saturated rings. The van der Waals surface area contributed by atoms with Crippen molar-refractivity contribution in [3.63, 3.8) is 0 Å². The van der Waals surface area contributed by atoms with Crippen LogP contribution in [0.2, 0.25) is 5.02 Å². The summed E-state index contributed by atoms with van der Waals surface area (Å²) in [6.45, 7) is 11.4. The molecule has 1 nitrogen and oxygen atoms in total. The predicted molar refractivity (Wildman–Crippen MR) is 79.1 cm³/mol. The minimum Gasteiger partial charge on any atom is -0.308 e. The third-order valence-electron chi connectivity index (χ3n) is 2.13. The number of nitrogens with one attached hydrogen (secondary N) is 1. The quantitative estimate of drug-likeness (QED) is 0.629. The molecule has 1 N–H and O–H groups in total. The maximum absolute atomic E-state index is 5.84. The number of thioether (sulfide) groups is 1. The highest BCUT2D eigenvalue weighted by molar-refractivity contribution is 7.99. The first-order chi connectivity index (χ1) is 7.87. The average molecular weight is 270 g/mol. The van der Waals surface area contributed by atoms with Crippen LogP contribution in [0.1, 0.15) is 20.8 Å². The summed E-state index contributed by atoms with van der Waals surface area (Å²) >= 11 is 7.63. The first-order valence-corrected chi connectivity index (χ1v) is 7.03. The standard InChI is InChI=1S/C14H20ClNS/c1-11(9-16-14(2,3)4)10-17-13-7-5-12(15)6-8-13/h5-8,16H,1,9-10H2,2-4H3. The molecule has 94 valence electrons. The van der Waals surface area contributed by atoms with Gasteiger partial charge in [-0.1, -0.05) is 23.8 Å². The van der Waals surface area contributed by atoms with Crippen molar-refractivity contribution in [3.05, 3.63) is 41.4 Å². The number of hydrogen-bond acceptors (Lipinski definition) is 2. The van der Waals surface area contributed by atoms with Crippen molar-refractivity contribution in [2.24, 2.45) is 0 Å². The topological polar surface area (TPSA) is 12.0 Å². The van der Waals surface area contributed by atoms with Gasteiger partial charge in [0.1, 0.15) is 0 Å². The first-order valence-electron chi connectivity index (χ1n) is 5.67. The average Bonchev–Trinajstić information content (AvgIpc) is 2.25. The fraction of sp³-hybridized carbons (Fsp3) is 0.429. The Kier molecular flexibility index (Phi) is 5.57. The van der Waals surface area contributed by atoms with Gasteiger partial charge >= 0.3 is 0 Å². The van der Waals surface area contributed by atoms with E-state index in [0.717, 1.165) is 17.3 Å². The molecule has 1 rings (SSSR count). The van der Waals surface area contributed by atoms with E-state index in [2.05, 4.69) is 32.7 Å². The van der Waals surface area contributed by atoms with E-state index in [1.807, 2.05) is 24.3 Å². The van der Waals surface area contributed by atoms with Gasteiger partial charge in [0.25, 0.3) is 0 Å². The molecule has 0 aliphatic carbocycles. The van der Waals surface area contributed by atoms with Gasteiger partial charge in [-0.15, -0.1) is 11.8 Å². The third kappa shape index (κ3) is 6.77. The Bertz CT molecular complexity index is 365. The van der Waals surface area contributed by atoms with Crippen molar-refractivity contribution in [1.82, 2.24) is 5.32 Å². The van der Waals surface area contributed by atoms with E-state index in [9.17, 15) is 0 Å². The summed E-state index contributed by atoms with van der Waals surface area (Å²) in [5.41, 5.74) is 1.35. The monoisotopic (exact) mass is 269 g/mol. The lowest BCUT2D eigenvalue weighted by Gasteiger charge is -2.21. The van der Waals surface area contributed by atoms with E-state index in [-0.39, 0.29) is 5.54 Å². The van der Waals surface area contributed by atoms with E-state index >= 15 is 0 Å². The molecular weight excluding hydrogens is 250 g/mol. The molecule has 0 aliphatic rings. The van der Waals surface area contributed by atoms with Crippen LogP contribution < -0.4 is 5.32 Å². The van der Waals surface area contributed by atoms with Crippen molar-refractivity contribution < 1.29 is 0 Å². The summed E-state index contributed by atoms with van der Waals surface area (Å²) < 4.78 is 0. The van der Waals surface area contributed by atoms with Crippen LogP contribution in [0.3, 0.4) is 0 Å². The highest BCUT2D eigenvalue weighted by atomic mass is 35.5. The molecule has 0 aromatic heterocycles. The van der Waals surface area contributed by atoms with Gasteiger partial charge in [0.05, 0.1) is 0 Å². The molecule has 0 amide bonds. The van der Waals surface area contributed by atoms with Gasteiger partial charge in [-0.05, 0) is 45.0 Å². The summed E-state index contributed by atoms with van der Waals surface area (Å²) in [5, 5.41) is 4.21. The van der Waals surface area contributed by atoms with E-state index in [1.165, 1.54) is 10.5 Å². The number of rotatable bonds is 5. The van der Waals surface area contributed by atoms with E-state index < -0.39 is 0 Å². The molecule has 0 radical (unpaired) electrons. The van der Waals surface area contributed by atoms with Gasteiger partial charge in [-0.25, -0.2) is 0 Å². The normalized spacial score (nSPS) is 11.5. The Labute approximate surface area is 114 Å². The smallest absolute Gasteiger partial charge is 0.0406 e. The fourth-order valence-electron chi connectivity index (χ4n) is 1.16. The zero-order valence-corrected chi connectivity index (χ0v) is 12.3. The van der Waals surface area contributed by atoms with Crippen LogP contribution in [0, 0.1) is 0 Å². The molecule has 0 saturated carbocycles. The zero-order valence-electron chi connectivity index (χ0n) is 10.7. The SMILES string of the molecule is C=C(CNC(C)(C)C)CSc1ccc(Cl)cc1. The minimum atomic E-state index is 0.147. The summed E-state index contributed by atoms with van der Waals surface area (Å²) in [5.74, 6) is 0.935. The van der Waals surface area contributed by atoms with Crippen molar-refractivity contribution in [1.29, 1.82) is 0 Å². The summed E-state index contributed by atoms with van der Waals surface area (Å²) in [7, 11) is 0. The molecule has 0 saturated heterocycles. The fourth-order valence-corrected chi connectivity index (χ4v) is 2.08. The largest absolute Gasteiger partial charge is 0.308 e. The molecular formula is C14H20ClNS. The second-order valence-corrected chi connectivity index (χ2v) is 6.58. The van der Waals surface area contributed by atoms with Gasteiger partial charge in [0.2, 0.25) is 0 Å². The molecule has 0 atom stereocenters. The number of hydrogen-bond donors (Lipinski definition) is 1. The second-order valence-electron chi connectivity index (χ2n) is 5.10. The lowest BCUT2D eigenvalue weighted by atomic mass is 10.1. The molecule has 1 aromatic rings. The van der Waals surface area contributed by atoms with Crippen LogP contribution in [0.15, 0.2) is 41.3 Å². The minimum absolute atomic E-state index is 0.147. The molecule has 3 heteroatoms. The van der Waals surface area contributed by atoms with Gasteiger partial charge in [-0.3, -0.25) is 0 Å². The zero-order chi connectivity index (χ0) is 12.9. The summed E-state index contributed by atoms with van der Waals surface area (Å²) in [4.78, 5) is 1.23. The molecule has 0 heterocycles. The second kappa shape index (κ2) is 6.48. The Hall–Kier alpha value is -0.440.